The lowest BCUT2D eigenvalue weighted by Gasteiger charge is -2.40. The summed E-state index contributed by atoms with van der Waals surface area (Å²) in [6, 6.07) is 5.21. The molecule has 0 aliphatic rings. The van der Waals surface area contributed by atoms with E-state index in [1.165, 1.54) is 13.0 Å². The molecule has 1 unspecified atom stereocenters. The summed E-state index contributed by atoms with van der Waals surface area (Å²) in [5.74, 6) is 0. The van der Waals surface area contributed by atoms with Crippen LogP contribution in [-0.4, -0.2) is 82.5 Å². The zero-order valence-corrected chi connectivity index (χ0v) is 23.3. The minimum absolute atomic E-state index is 0.349. The smallest absolute Gasteiger partial charge is 0.00818 e. The van der Waals surface area contributed by atoms with Crippen molar-refractivity contribution < 1.29 is 0 Å². The molecule has 0 spiro atoms. The Morgan fingerprint density at radius 1 is 0.818 bits per heavy atom. The third kappa shape index (κ3) is 8.59. The van der Waals surface area contributed by atoms with Crippen LogP contribution >= 0.6 is 0 Å². The van der Waals surface area contributed by atoms with Crippen molar-refractivity contribution in [3.05, 3.63) is 0 Å². The van der Waals surface area contributed by atoms with Crippen LogP contribution in [0.4, 0.5) is 0 Å². The average molecular weight is 377 g/mol. The van der Waals surface area contributed by atoms with Crippen LogP contribution in [0.2, 0.25) is 6.04 Å². The van der Waals surface area contributed by atoms with Crippen LogP contribution in [0.3, 0.4) is 0 Å². The van der Waals surface area contributed by atoms with Gasteiger partial charge < -0.3 is 0 Å². The van der Waals surface area contributed by atoms with Crippen LogP contribution in [0.1, 0.15) is 61.8 Å². The largest absolute Gasteiger partial charge is 0.298 e. The van der Waals surface area contributed by atoms with E-state index in [0.717, 1.165) is 6.04 Å². The van der Waals surface area contributed by atoms with Crippen molar-refractivity contribution in [3.8, 4) is 0 Å². The van der Waals surface area contributed by atoms with Crippen molar-refractivity contribution in [1.82, 2.24) is 9.80 Å². The minimum atomic E-state index is 0.349. The summed E-state index contributed by atoms with van der Waals surface area (Å²) in [5.41, 5.74) is 0. The van der Waals surface area contributed by atoms with E-state index < -0.39 is 0 Å². The highest BCUT2D eigenvalue weighted by Gasteiger charge is 2.25. The molecule has 22 heavy (non-hydrogen) atoms. The van der Waals surface area contributed by atoms with E-state index in [1.54, 1.807) is 15.8 Å². The van der Waals surface area contributed by atoms with Gasteiger partial charge in [-0.25, -0.2) is 0 Å². The monoisotopic (exact) mass is 376 g/mol. The Labute approximate surface area is 150 Å². The van der Waals surface area contributed by atoms with Crippen molar-refractivity contribution in [2.24, 2.45) is 0 Å². The van der Waals surface area contributed by atoms with Crippen molar-refractivity contribution in [2.45, 2.75) is 98.1 Å². The number of hydrogen-bond acceptors (Lipinski definition) is 2. The van der Waals surface area contributed by atoms with Crippen molar-refractivity contribution >= 4 is 35.9 Å². The molecule has 0 aromatic carbocycles. The normalized spacial score (nSPS) is 16.1. The van der Waals surface area contributed by atoms with Gasteiger partial charge in [0.15, 0.2) is 0 Å². The molecule has 2 nitrogen and oxygen atoms in total. The second-order valence-electron chi connectivity index (χ2n) is 8.00. The zero-order chi connectivity index (χ0) is 17.3. The first kappa shape index (κ1) is 22.8. The molecule has 0 rings (SSSR count). The molecular formula is C16H44N2Si4. The third-order valence-electron chi connectivity index (χ3n) is 4.80. The van der Waals surface area contributed by atoms with E-state index in [-0.39, 0.29) is 0 Å². The van der Waals surface area contributed by atoms with Gasteiger partial charge in [-0.2, -0.15) is 0 Å². The van der Waals surface area contributed by atoms with Crippen LogP contribution in [0.5, 0.6) is 0 Å². The molecule has 0 heterocycles. The lowest BCUT2D eigenvalue weighted by Crippen LogP contribution is -2.48. The minimum Gasteiger partial charge on any atom is -0.298 e. The highest BCUT2D eigenvalue weighted by Crippen LogP contribution is 2.19. The first-order chi connectivity index (χ1) is 10.2. The summed E-state index contributed by atoms with van der Waals surface area (Å²) in [6.45, 7) is 20.3. The molecule has 0 radical (unpaired) electrons. The van der Waals surface area contributed by atoms with Gasteiger partial charge in [0.25, 0.3) is 0 Å². The van der Waals surface area contributed by atoms with Crippen molar-refractivity contribution in [3.63, 3.8) is 0 Å². The molecule has 1 atom stereocenters. The molecule has 6 heteroatoms. The summed E-state index contributed by atoms with van der Waals surface area (Å²) in [4.78, 5) is 5.52. The van der Waals surface area contributed by atoms with Crippen LogP contribution in [0.25, 0.3) is 0 Å². The Kier molecular flexibility index (Phi) is 12.6. The van der Waals surface area contributed by atoms with Gasteiger partial charge in [0.1, 0.15) is 0 Å². The standard InChI is InChI=1S/C16H44N2Si4/c1-12(2)17(13(3)4)10-9-16(11-20-22-21-19)18(14(5)6)15(7)8/h12-16H,9-11,20-22H2,1-8,19H3. The SMILES string of the molecule is CC(C)N(CCC(C[SiH2][SiH2][SiH2][SiH3])N(C(C)C)C(C)C)C(C)C. The molecule has 0 aromatic rings. The Morgan fingerprint density at radius 2 is 1.32 bits per heavy atom. The van der Waals surface area contributed by atoms with Crippen molar-refractivity contribution in [2.75, 3.05) is 6.54 Å². The molecule has 0 fully saturated rings. The summed E-state index contributed by atoms with van der Waals surface area (Å²) in [7, 11) is 3.04. The molecule has 134 valence electrons. The fourth-order valence-electron chi connectivity index (χ4n) is 3.92. The van der Waals surface area contributed by atoms with E-state index in [2.05, 4.69) is 65.2 Å². The fourth-order valence-corrected chi connectivity index (χ4v) is 30.1. The maximum absolute atomic E-state index is 2.83. The van der Waals surface area contributed by atoms with Gasteiger partial charge in [-0.3, -0.25) is 9.80 Å². The highest BCUT2D eigenvalue weighted by atomic mass is 29.7. The Bertz CT molecular complexity index is 257. The summed E-state index contributed by atoms with van der Waals surface area (Å²) in [6.07, 6.45) is 1.39. The van der Waals surface area contributed by atoms with Gasteiger partial charge in [-0.05, 0) is 88.7 Å². The number of hydrogen-bond donors (Lipinski definition) is 0. The zero-order valence-electron chi connectivity index (χ0n) is 17.0. The molecule has 0 N–H and O–H groups in total. The predicted molar refractivity (Wildman–Crippen MR) is 118 cm³/mol. The fraction of sp³-hybridized carbons (Fsp3) is 1.00. The molecule has 0 aliphatic heterocycles. The van der Waals surface area contributed by atoms with Crippen molar-refractivity contribution in [1.29, 1.82) is 0 Å². The van der Waals surface area contributed by atoms with Gasteiger partial charge in [0.05, 0.1) is 0 Å². The number of rotatable bonds is 12. The summed E-state index contributed by atoms with van der Waals surface area (Å²) in [5, 5.41) is 0. The topological polar surface area (TPSA) is 6.48 Å². The number of nitrogens with zero attached hydrogens (tertiary/aromatic N) is 2. The maximum atomic E-state index is 2.83. The van der Waals surface area contributed by atoms with E-state index in [1.807, 2.05) is 0 Å². The van der Waals surface area contributed by atoms with E-state index in [4.69, 9.17) is 0 Å². The highest BCUT2D eigenvalue weighted by molar-refractivity contribution is 7.41. The van der Waals surface area contributed by atoms with E-state index in [0.29, 0.717) is 50.3 Å². The molecular weight excluding hydrogens is 333 g/mol. The average Bonchev–Trinajstić information content (AvgIpc) is 2.36. The van der Waals surface area contributed by atoms with Crippen LogP contribution in [0, 0.1) is 0 Å². The van der Waals surface area contributed by atoms with Crippen LogP contribution in [-0.2, 0) is 0 Å². The Hall–Kier alpha value is 0.788. The molecule has 0 amide bonds. The molecule has 0 aliphatic carbocycles. The van der Waals surface area contributed by atoms with Crippen LogP contribution < -0.4 is 0 Å². The van der Waals surface area contributed by atoms with Gasteiger partial charge in [-0.1, -0.05) is 6.04 Å². The lowest BCUT2D eigenvalue weighted by molar-refractivity contribution is 0.0938. The quantitative estimate of drug-likeness (QED) is 0.350. The van der Waals surface area contributed by atoms with Gasteiger partial charge in [-0.15, -0.1) is 0 Å². The van der Waals surface area contributed by atoms with E-state index in [9.17, 15) is 0 Å². The Balaban J connectivity index is 4.83. The van der Waals surface area contributed by atoms with Gasteiger partial charge in [0.2, 0.25) is 0 Å². The second-order valence-corrected chi connectivity index (χ2v) is 33.6. The second kappa shape index (κ2) is 12.2. The van der Waals surface area contributed by atoms with E-state index >= 15 is 0 Å². The molecule has 0 bridgehead atoms. The molecule has 0 saturated heterocycles. The van der Waals surface area contributed by atoms with Crippen LogP contribution in [0.15, 0.2) is 0 Å². The lowest BCUT2D eigenvalue weighted by atomic mass is 10.1. The molecule has 0 saturated carbocycles. The predicted octanol–water partition coefficient (Wildman–Crippen LogP) is 0.0178. The first-order valence-corrected chi connectivity index (χ1v) is 24.4. The summed E-state index contributed by atoms with van der Waals surface area (Å²) >= 11 is 0. The summed E-state index contributed by atoms with van der Waals surface area (Å²) < 4.78 is 0. The van der Waals surface area contributed by atoms with Gasteiger partial charge in [0, 0.05) is 45.8 Å². The van der Waals surface area contributed by atoms with Gasteiger partial charge >= 0.3 is 0 Å². The molecule has 0 aromatic heterocycles. The Morgan fingerprint density at radius 3 is 1.68 bits per heavy atom. The third-order valence-corrected chi connectivity index (χ3v) is 41.9. The first-order valence-electron chi connectivity index (χ1n) is 9.75. The maximum Gasteiger partial charge on any atom is 0.00818 e.